The Morgan fingerprint density at radius 3 is 2.61 bits per heavy atom. The molecule has 1 atom stereocenters. The molecule has 0 rings (SSSR count). The van der Waals surface area contributed by atoms with E-state index >= 15 is 0 Å². The fraction of sp³-hybridized carbons (Fsp3) is 0.833. The molecular weight excluding hydrogens is 236 g/mol. The van der Waals surface area contributed by atoms with E-state index in [1.165, 1.54) is 0 Å². The van der Waals surface area contributed by atoms with Gasteiger partial charge in [-0.1, -0.05) is 13.3 Å². The van der Waals surface area contributed by atoms with Crippen LogP contribution in [-0.4, -0.2) is 43.4 Å². The highest BCUT2D eigenvalue weighted by molar-refractivity contribution is 5.74. The van der Waals surface area contributed by atoms with E-state index < -0.39 is 5.97 Å². The van der Waals surface area contributed by atoms with Crippen LogP contribution in [0.25, 0.3) is 0 Å². The number of urea groups is 1. The maximum absolute atomic E-state index is 11.5. The van der Waals surface area contributed by atoms with Crippen molar-refractivity contribution in [3.8, 4) is 0 Å². The number of aliphatic carboxylic acids is 1. The minimum Gasteiger partial charge on any atom is -0.481 e. The Bertz CT molecular complexity index is 240. The van der Waals surface area contributed by atoms with Crippen molar-refractivity contribution >= 4 is 12.0 Å². The van der Waals surface area contributed by atoms with Crippen molar-refractivity contribution < 1.29 is 19.4 Å². The van der Waals surface area contributed by atoms with Gasteiger partial charge in [-0.15, -0.1) is 0 Å². The van der Waals surface area contributed by atoms with Crippen molar-refractivity contribution in [1.29, 1.82) is 0 Å². The Hall–Kier alpha value is -1.30. The summed E-state index contributed by atoms with van der Waals surface area (Å²) in [5.74, 6) is -0.803. The Balaban J connectivity index is 3.64. The van der Waals surface area contributed by atoms with Crippen molar-refractivity contribution in [3.63, 3.8) is 0 Å². The molecule has 0 aromatic rings. The first kappa shape index (κ1) is 16.7. The lowest BCUT2D eigenvalue weighted by atomic mass is 10.2. The molecule has 1 unspecified atom stereocenters. The minimum absolute atomic E-state index is 0.0269. The van der Waals surface area contributed by atoms with Crippen molar-refractivity contribution in [3.05, 3.63) is 0 Å². The third-order valence-electron chi connectivity index (χ3n) is 2.44. The molecule has 18 heavy (non-hydrogen) atoms. The van der Waals surface area contributed by atoms with Crippen molar-refractivity contribution in [2.45, 2.75) is 45.1 Å². The Morgan fingerprint density at radius 2 is 2.06 bits per heavy atom. The predicted molar refractivity (Wildman–Crippen MR) is 68.6 cm³/mol. The zero-order valence-electron chi connectivity index (χ0n) is 11.2. The lowest BCUT2D eigenvalue weighted by Gasteiger charge is -2.17. The molecule has 0 saturated heterocycles. The fourth-order valence-corrected chi connectivity index (χ4v) is 1.59. The van der Waals surface area contributed by atoms with Crippen LogP contribution in [0.5, 0.6) is 0 Å². The number of hydrogen-bond donors (Lipinski definition) is 3. The third kappa shape index (κ3) is 9.89. The average Bonchev–Trinajstić information content (AvgIpc) is 2.28. The normalized spacial score (nSPS) is 11.9. The van der Waals surface area contributed by atoms with E-state index in [4.69, 9.17) is 9.84 Å². The zero-order valence-corrected chi connectivity index (χ0v) is 11.2. The van der Waals surface area contributed by atoms with E-state index in [0.29, 0.717) is 26.0 Å². The smallest absolute Gasteiger partial charge is 0.315 e. The van der Waals surface area contributed by atoms with Crippen LogP contribution < -0.4 is 10.6 Å². The standard InChI is InChI=1S/C12H24N2O4/c1-3-6-10(9-18-2)14-12(17)13-8-5-4-7-11(15)16/h10H,3-9H2,1-2H3,(H,15,16)(H2,13,14,17). The molecule has 2 amide bonds. The highest BCUT2D eigenvalue weighted by Crippen LogP contribution is 1.97. The molecule has 0 aliphatic heterocycles. The molecular formula is C12H24N2O4. The summed E-state index contributed by atoms with van der Waals surface area (Å²) >= 11 is 0. The van der Waals surface area contributed by atoms with Gasteiger partial charge >= 0.3 is 12.0 Å². The summed E-state index contributed by atoms with van der Waals surface area (Å²) in [5.41, 5.74) is 0. The molecule has 0 heterocycles. The number of hydrogen-bond acceptors (Lipinski definition) is 3. The molecule has 0 aromatic heterocycles. The lowest BCUT2D eigenvalue weighted by Crippen LogP contribution is -2.44. The number of unbranched alkanes of at least 4 members (excludes halogenated alkanes) is 1. The number of ether oxygens (including phenoxy) is 1. The van der Waals surface area contributed by atoms with Crippen molar-refractivity contribution in [2.24, 2.45) is 0 Å². The number of carboxylic acids is 1. The first-order valence-electron chi connectivity index (χ1n) is 6.35. The lowest BCUT2D eigenvalue weighted by molar-refractivity contribution is -0.137. The van der Waals surface area contributed by atoms with Gasteiger partial charge in [-0.2, -0.15) is 0 Å². The first-order valence-corrected chi connectivity index (χ1v) is 6.35. The maximum atomic E-state index is 11.5. The van der Waals surface area contributed by atoms with Gasteiger partial charge in [0.15, 0.2) is 0 Å². The van der Waals surface area contributed by atoms with Gasteiger partial charge in [-0.3, -0.25) is 4.79 Å². The quantitative estimate of drug-likeness (QED) is 0.517. The van der Waals surface area contributed by atoms with E-state index in [1.807, 2.05) is 6.92 Å². The van der Waals surface area contributed by atoms with Crippen LogP contribution in [0.2, 0.25) is 0 Å². The summed E-state index contributed by atoms with van der Waals surface area (Å²) in [7, 11) is 1.61. The summed E-state index contributed by atoms with van der Waals surface area (Å²) in [5, 5.41) is 14.0. The number of amides is 2. The van der Waals surface area contributed by atoms with E-state index in [-0.39, 0.29) is 18.5 Å². The SMILES string of the molecule is CCCC(COC)NC(=O)NCCCCC(=O)O. The monoisotopic (exact) mass is 260 g/mol. The molecule has 0 aliphatic rings. The highest BCUT2D eigenvalue weighted by Gasteiger charge is 2.10. The van der Waals surface area contributed by atoms with Gasteiger partial charge in [0.1, 0.15) is 0 Å². The number of carbonyl (C=O) groups is 2. The molecule has 0 saturated carbocycles. The Kier molecular flexibility index (Phi) is 10.0. The topological polar surface area (TPSA) is 87.7 Å². The second kappa shape index (κ2) is 10.8. The van der Waals surface area contributed by atoms with Crippen LogP contribution in [0.3, 0.4) is 0 Å². The highest BCUT2D eigenvalue weighted by atomic mass is 16.5. The molecule has 0 radical (unpaired) electrons. The number of methoxy groups -OCH3 is 1. The van der Waals surface area contributed by atoms with Crippen molar-refractivity contribution in [1.82, 2.24) is 10.6 Å². The number of carboxylic acid groups (broad SMARTS) is 1. The minimum atomic E-state index is -0.803. The average molecular weight is 260 g/mol. The van der Waals surface area contributed by atoms with Gasteiger partial charge in [0.25, 0.3) is 0 Å². The predicted octanol–water partition coefficient (Wildman–Crippen LogP) is 1.36. The van der Waals surface area contributed by atoms with Crippen LogP contribution in [0.4, 0.5) is 4.79 Å². The largest absolute Gasteiger partial charge is 0.481 e. The summed E-state index contributed by atoms with van der Waals surface area (Å²) in [6.45, 7) is 3.04. The number of rotatable bonds is 10. The van der Waals surface area contributed by atoms with Gasteiger partial charge in [-0.25, -0.2) is 4.79 Å². The molecule has 0 aromatic carbocycles. The number of carbonyl (C=O) groups excluding carboxylic acids is 1. The zero-order chi connectivity index (χ0) is 13.8. The van der Waals surface area contributed by atoms with E-state index in [1.54, 1.807) is 7.11 Å². The van der Waals surface area contributed by atoms with Gasteiger partial charge < -0.3 is 20.5 Å². The first-order chi connectivity index (χ1) is 8.60. The molecule has 3 N–H and O–H groups in total. The Labute approximate surface area is 108 Å². The molecule has 0 aliphatic carbocycles. The fourth-order valence-electron chi connectivity index (χ4n) is 1.59. The molecule has 6 nitrogen and oxygen atoms in total. The van der Waals surface area contributed by atoms with Gasteiger partial charge in [0.2, 0.25) is 0 Å². The molecule has 6 heteroatoms. The van der Waals surface area contributed by atoms with Gasteiger partial charge in [-0.05, 0) is 19.3 Å². The molecule has 0 spiro atoms. The third-order valence-corrected chi connectivity index (χ3v) is 2.44. The summed E-state index contributed by atoms with van der Waals surface area (Å²) in [6, 6.07) is -0.195. The van der Waals surface area contributed by atoms with E-state index in [0.717, 1.165) is 12.8 Å². The maximum Gasteiger partial charge on any atom is 0.315 e. The number of nitrogens with one attached hydrogen (secondary N) is 2. The van der Waals surface area contributed by atoms with Crippen LogP contribution >= 0.6 is 0 Å². The Morgan fingerprint density at radius 1 is 1.33 bits per heavy atom. The summed E-state index contributed by atoms with van der Waals surface area (Å²) in [6.07, 6.45) is 3.24. The van der Waals surface area contributed by atoms with Crippen LogP contribution in [0, 0.1) is 0 Å². The van der Waals surface area contributed by atoms with Crippen LogP contribution in [-0.2, 0) is 9.53 Å². The van der Waals surface area contributed by atoms with E-state index in [9.17, 15) is 9.59 Å². The summed E-state index contributed by atoms with van der Waals surface area (Å²) < 4.78 is 5.02. The van der Waals surface area contributed by atoms with E-state index in [2.05, 4.69) is 10.6 Å². The second-order valence-corrected chi connectivity index (χ2v) is 4.19. The molecule has 0 bridgehead atoms. The van der Waals surface area contributed by atoms with Gasteiger partial charge in [0, 0.05) is 20.1 Å². The summed E-state index contributed by atoms with van der Waals surface area (Å²) in [4.78, 5) is 21.8. The molecule has 106 valence electrons. The van der Waals surface area contributed by atoms with Crippen LogP contribution in [0.1, 0.15) is 39.0 Å². The van der Waals surface area contributed by atoms with Crippen LogP contribution in [0.15, 0.2) is 0 Å². The van der Waals surface area contributed by atoms with Gasteiger partial charge in [0.05, 0.1) is 12.6 Å². The second-order valence-electron chi connectivity index (χ2n) is 4.19. The van der Waals surface area contributed by atoms with Crippen molar-refractivity contribution in [2.75, 3.05) is 20.3 Å². The molecule has 0 fully saturated rings.